The molecular weight excluding hydrogens is 662 g/mol. The lowest BCUT2D eigenvalue weighted by Gasteiger charge is -2.34. The first kappa shape index (κ1) is 38.7. The molecule has 3 amide bonds. The van der Waals surface area contributed by atoms with Gasteiger partial charge in [0.25, 0.3) is 11.8 Å². The van der Waals surface area contributed by atoms with Crippen LogP contribution in [-0.2, 0) is 38.4 Å². The van der Waals surface area contributed by atoms with E-state index in [1.165, 1.54) is 7.11 Å². The van der Waals surface area contributed by atoms with Gasteiger partial charge in [-0.2, -0.15) is 0 Å². The van der Waals surface area contributed by atoms with Crippen LogP contribution in [0.2, 0.25) is 0 Å². The maximum absolute atomic E-state index is 14.0. The number of nitrogens with one attached hydrogen (secondary N) is 3. The van der Waals surface area contributed by atoms with E-state index in [9.17, 15) is 24.6 Å². The number of nitrogens with zero attached hydrogens (tertiary/aromatic N) is 2. The van der Waals surface area contributed by atoms with Gasteiger partial charge in [-0.15, -0.1) is 0 Å². The van der Waals surface area contributed by atoms with Gasteiger partial charge in [0.05, 0.1) is 32.5 Å². The van der Waals surface area contributed by atoms with Crippen molar-refractivity contribution in [3.05, 3.63) is 101 Å². The van der Waals surface area contributed by atoms with Crippen molar-refractivity contribution >= 4 is 23.6 Å². The molecule has 1 aliphatic carbocycles. The summed E-state index contributed by atoms with van der Waals surface area (Å²) in [6, 6.07) is 23.5. The Bertz CT molecular complexity index is 1640. The summed E-state index contributed by atoms with van der Waals surface area (Å²) in [4.78, 5) is 42.2. The van der Waals surface area contributed by atoms with Crippen LogP contribution in [0.4, 0.5) is 10.5 Å². The van der Waals surface area contributed by atoms with E-state index in [1.807, 2.05) is 87.5 Å². The summed E-state index contributed by atoms with van der Waals surface area (Å²) in [5, 5.41) is 30.3. The molecule has 2 aliphatic rings. The summed E-state index contributed by atoms with van der Waals surface area (Å²) in [6.45, 7) is 9.16. The lowest BCUT2D eigenvalue weighted by molar-refractivity contribution is -0.142. The number of rotatable bonds is 14. The van der Waals surface area contributed by atoms with Gasteiger partial charge in [0.15, 0.2) is 0 Å². The summed E-state index contributed by atoms with van der Waals surface area (Å²) >= 11 is 0. The molecule has 12 nitrogen and oxygen atoms in total. The molecule has 5 N–H and O–H groups in total. The molecule has 0 spiro atoms. The second kappa shape index (κ2) is 17.4. The van der Waals surface area contributed by atoms with Gasteiger partial charge < -0.3 is 35.2 Å². The number of hydrazine groups is 1. The summed E-state index contributed by atoms with van der Waals surface area (Å²) in [6.07, 6.45) is -0.639. The number of morpholine rings is 1. The molecule has 3 aromatic carbocycles. The second-order valence-corrected chi connectivity index (χ2v) is 14.8. The Hall–Kier alpha value is -4.49. The van der Waals surface area contributed by atoms with Crippen LogP contribution in [0.25, 0.3) is 0 Å². The van der Waals surface area contributed by atoms with Crippen LogP contribution >= 0.6 is 0 Å². The SMILES string of the molecule is COC(=O)N[C@H](C(=O)NN(CCC[C@@](O)(Cc1ccccc1)C(=O)N[C@H]1c2ccccc2C[C@H]1O)Cc1ccc(N2CCOCC2)cc1)C(C)(C)C. The molecule has 0 unspecified atom stereocenters. The number of ether oxygens (including phenoxy) is 2. The summed E-state index contributed by atoms with van der Waals surface area (Å²) in [7, 11) is 1.25. The number of aliphatic hydroxyl groups is 2. The molecule has 1 heterocycles. The molecule has 52 heavy (non-hydrogen) atoms. The predicted molar refractivity (Wildman–Crippen MR) is 198 cm³/mol. The number of aliphatic hydroxyl groups excluding tert-OH is 1. The number of fused-ring (bicyclic) bond motifs is 1. The zero-order chi connectivity index (χ0) is 37.3. The first-order valence-electron chi connectivity index (χ1n) is 18.0. The van der Waals surface area contributed by atoms with Crippen molar-refractivity contribution in [2.24, 2.45) is 5.41 Å². The van der Waals surface area contributed by atoms with E-state index < -0.39 is 47.1 Å². The Morgan fingerprint density at radius 2 is 1.63 bits per heavy atom. The van der Waals surface area contributed by atoms with E-state index in [0.29, 0.717) is 32.6 Å². The fourth-order valence-electron chi connectivity index (χ4n) is 6.90. The van der Waals surface area contributed by atoms with E-state index in [-0.39, 0.29) is 19.4 Å². The van der Waals surface area contributed by atoms with Crippen molar-refractivity contribution in [2.75, 3.05) is 44.9 Å². The summed E-state index contributed by atoms with van der Waals surface area (Å²) in [5.41, 5.74) is 5.18. The number of anilines is 1. The second-order valence-electron chi connectivity index (χ2n) is 14.8. The van der Waals surface area contributed by atoms with E-state index >= 15 is 0 Å². The highest BCUT2D eigenvalue weighted by Gasteiger charge is 2.41. The van der Waals surface area contributed by atoms with Crippen LogP contribution in [0.15, 0.2) is 78.9 Å². The van der Waals surface area contributed by atoms with E-state index in [4.69, 9.17) is 9.47 Å². The number of amides is 3. The van der Waals surface area contributed by atoms with Gasteiger partial charge in [-0.05, 0) is 52.6 Å². The molecular formula is C40H53N5O7. The maximum Gasteiger partial charge on any atom is 0.407 e. The highest BCUT2D eigenvalue weighted by atomic mass is 16.5. The standard InChI is InChI=1S/C40H53N5O7/c1-39(2,3)35(42-38(49)51-4)36(47)43-45(27-29-15-17-31(18-16-29)44-21-23-52-24-22-44)20-10-19-40(50,26-28-11-6-5-7-12-28)37(48)41-34-32-14-9-8-13-30(32)25-33(34)46/h5-9,11-18,33-35,46,50H,10,19-27H2,1-4H3,(H,41,48)(H,42,49)(H,43,47)/t33-,34+,35-,40-/m1/s1. The number of hydrogen-bond acceptors (Lipinski definition) is 9. The molecule has 4 atom stereocenters. The van der Waals surface area contributed by atoms with Gasteiger partial charge in [-0.25, -0.2) is 9.80 Å². The van der Waals surface area contributed by atoms with Gasteiger partial charge in [0.2, 0.25) is 0 Å². The van der Waals surface area contributed by atoms with Crippen LogP contribution in [0.1, 0.15) is 61.9 Å². The van der Waals surface area contributed by atoms with Gasteiger partial charge >= 0.3 is 6.09 Å². The van der Waals surface area contributed by atoms with Gasteiger partial charge in [-0.1, -0.05) is 87.5 Å². The fraction of sp³-hybridized carbons (Fsp3) is 0.475. The minimum Gasteiger partial charge on any atom is -0.453 e. The van der Waals surface area contributed by atoms with Crippen molar-refractivity contribution in [2.45, 2.75) is 76.8 Å². The molecule has 0 radical (unpaired) electrons. The van der Waals surface area contributed by atoms with E-state index in [1.54, 1.807) is 5.01 Å². The minimum absolute atomic E-state index is 0.0641. The number of hydrogen-bond donors (Lipinski definition) is 5. The molecule has 3 aromatic rings. The maximum atomic E-state index is 14.0. The van der Waals surface area contributed by atoms with Gasteiger partial charge in [-0.3, -0.25) is 15.0 Å². The van der Waals surface area contributed by atoms with Crippen molar-refractivity contribution in [1.82, 2.24) is 21.1 Å². The van der Waals surface area contributed by atoms with Crippen LogP contribution in [0.3, 0.4) is 0 Å². The van der Waals surface area contributed by atoms with Crippen molar-refractivity contribution in [1.29, 1.82) is 0 Å². The topological polar surface area (TPSA) is 153 Å². The largest absolute Gasteiger partial charge is 0.453 e. The molecule has 0 aromatic heterocycles. The summed E-state index contributed by atoms with van der Waals surface area (Å²) in [5.74, 6) is -0.990. The lowest BCUT2D eigenvalue weighted by atomic mass is 9.86. The highest BCUT2D eigenvalue weighted by molar-refractivity contribution is 5.86. The Balaban J connectivity index is 1.34. The van der Waals surface area contributed by atoms with Crippen molar-refractivity contribution in [3.8, 4) is 0 Å². The third kappa shape index (κ3) is 10.1. The molecule has 12 heteroatoms. The first-order valence-corrected chi connectivity index (χ1v) is 18.0. The van der Waals surface area contributed by atoms with Crippen LogP contribution in [0, 0.1) is 5.41 Å². The highest BCUT2D eigenvalue weighted by Crippen LogP contribution is 2.32. The quantitative estimate of drug-likeness (QED) is 0.158. The lowest BCUT2D eigenvalue weighted by Crippen LogP contribution is -2.57. The number of carbonyl (C=O) groups is 3. The third-order valence-corrected chi connectivity index (χ3v) is 9.80. The molecule has 1 aliphatic heterocycles. The molecule has 280 valence electrons. The number of benzene rings is 3. The van der Waals surface area contributed by atoms with Crippen LogP contribution in [0.5, 0.6) is 0 Å². The first-order chi connectivity index (χ1) is 24.9. The minimum atomic E-state index is -1.81. The smallest absolute Gasteiger partial charge is 0.407 e. The number of carbonyl (C=O) groups excluding carboxylic acids is 3. The van der Waals surface area contributed by atoms with Crippen molar-refractivity contribution < 1.29 is 34.1 Å². The molecule has 0 bridgehead atoms. The van der Waals surface area contributed by atoms with Gasteiger partial charge in [0.1, 0.15) is 11.6 Å². The predicted octanol–water partition coefficient (Wildman–Crippen LogP) is 3.66. The Kier molecular flexibility index (Phi) is 12.9. The third-order valence-electron chi connectivity index (χ3n) is 9.80. The Morgan fingerprint density at radius 3 is 2.31 bits per heavy atom. The van der Waals surface area contributed by atoms with Crippen LogP contribution in [-0.4, -0.2) is 90.8 Å². The monoisotopic (exact) mass is 715 g/mol. The van der Waals surface area contributed by atoms with Crippen molar-refractivity contribution in [3.63, 3.8) is 0 Å². The zero-order valence-corrected chi connectivity index (χ0v) is 30.6. The van der Waals surface area contributed by atoms with Gasteiger partial charge in [0, 0.05) is 44.7 Å². The van der Waals surface area contributed by atoms with E-state index in [2.05, 4.69) is 33.1 Å². The normalized spacial score (nSPS) is 18.9. The molecule has 5 rings (SSSR count). The average Bonchev–Trinajstić information content (AvgIpc) is 3.45. The number of alkyl carbamates (subject to hydrolysis) is 1. The zero-order valence-electron chi connectivity index (χ0n) is 30.6. The number of methoxy groups -OCH3 is 1. The molecule has 1 saturated heterocycles. The van der Waals surface area contributed by atoms with E-state index in [0.717, 1.165) is 41.0 Å². The van der Waals surface area contributed by atoms with Crippen LogP contribution < -0.4 is 21.0 Å². The fourth-order valence-corrected chi connectivity index (χ4v) is 6.90. The Labute approximate surface area is 306 Å². The summed E-state index contributed by atoms with van der Waals surface area (Å²) < 4.78 is 10.3. The molecule has 1 fully saturated rings. The molecule has 0 saturated carbocycles. The average molecular weight is 716 g/mol. The Morgan fingerprint density at radius 1 is 0.962 bits per heavy atom.